The lowest BCUT2D eigenvalue weighted by Gasteiger charge is -2.35. The first kappa shape index (κ1) is 26.9. The Hall–Kier alpha value is -1.67. The molecule has 10 heteroatoms. The molecule has 0 aliphatic heterocycles. The van der Waals surface area contributed by atoms with Crippen molar-refractivity contribution in [3.8, 4) is 0 Å². The second-order valence-electron chi connectivity index (χ2n) is 9.22. The Morgan fingerprint density at radius 1 is 1.15 bits per heavy atom. The van der Waals surface area contributed by atoms with E-state index in [4.69, 9.17) is 4.52 Å². The van der Waals surface area contributed by atoms with Crippen LogP contribution in [0.5, 0.6) is 0 Å². The molecule has 0 bridgehead atoms. The van der Waals surface area contributed by atoms with Gasteiger partial charge in [-0.1, -0.05) is 38.1 Å². The van der Waals surface area contributed by atoms with Gasteiger partial charge in [0.05, 0.1) is 11.2 Å². The average molecular weight is 564 g/mol. The van der Waals surface area contributed by atoms with Crippen LogP contribution in [-0.2, 0) is 28.7 Å². The zero-order valence-electron chi connectivity index (χ0n) is 19.5. The summed E-state index contributed by atoms with van der Waals surface area (Å²) >= 11 is 3.53. The Labute approximate surface area is 204 Å². The van der Waals surface area contributed by atoms with Gasteiger partial charge in [-0.25, -0.2) is 4.39 Å². The van der Waals surface area contributed by atoms with Gasteiger partial charge in [-0.15, -0.1) is 0 Å². The van der Waals surface area contributed by atoms with E-state index in [9.17, 15) is 27.0 Å². The van der Waals surface area contributed by atoms with E-state index < -0.39 is 36.4 Å². The zero-order chi connectivity index (χ0) is 25.6. The first-order chi connectivity index (χ1) is 15.6. The van der Waals surface area contributed by atoms with Crippen LogP contribution in [0.25, 0.3) is 10.9 Å². The van der Waals surface area contributed by atoms with E-state index in [1.807, 2.05) is 38.1 Å². The summed E-state index contributed by atoms with van der Waals surface area (Å²) in [7, 11) is -2.75. The van der Waals surface area contributed by atoms with Crippen LogP contribution < -0.4 is 0 Å². The van der Waals surface area contributed by atoms with Crippen LogP contribution >= 0.6 is 23.5 Å². The van der Waals surface area contributed by atoms with Crippen molar-refractivity contribution in [2.45, 2.75) is 51.6 Å². The molecule has 1 aromatic heterocycles. The van der Waals surface area contributed by atoms with Crippen LogP contribution in [0.3, 0.4) is 0 Å². The molecule has 0 aliphatic carbocycles. The molecule has 0 amide bonds. The Bertz CT molecular complexity index is 1210. The molecule has 0 aliphatic rings. The number of fused-ring (bicyclic) bond motifs is 1. The second-order valence-corrected chi connectivity index (χ2v) is 11.9. The van der Waals surface area contributed by atoms with E-state index in [0.29, 0.717) is 16.2 Å². The molecule has 1 heterocycles. The fourth-order valence-corrected chi connectivity index (χ4v) is 6.87. The molecule has 1 N–H and O–H groups in total. The third-order valence-electron chi connectivity index (χ3n) is 6.32. The number of aromatic nitrogens is 1. The van der Waals surface area contributed by atoms with Crippen LogP contribution in [0.15, 0.2) is 46.9 Å². The van der Waals surface area contributed by atoms with Gasteiger partial charge in [-0.3, -0.25) is 4.57 Å². The summed E-state index contributed by atoms with van der Waals surface area (Å²) in [6.45, 7) is 7.07. The zero-order valence-corrected chi connectivity index (χ0v) is 21.9. The normalized spacial score (nSPS) is 15.6. The van der Waals surface area contributed by atoms with E-state index in [1.54, 1.807) is 25.5 Å². The molecule has 186 valence electrons. The van der Waals surface area contributed by atoms with E-state index in [-0.39, 0.29) is 17.9 Å². The number of hydrogen-bond donors (Lipinski definition) is 1. The first-order valence-electron chi connectivity index (χ1n) is 10.7. The molecule has 0 saturated heterocycles. The van der Waals surface area contributed by atoms with Gasteiger partial charge in [0, 0.05) is 28.1 Å². The lowest BCUT2D eigenvalue weighted by molar-refractivity contribution is -0.140. The summed E-state index contributed by atoms with van der Waals surface area (Å²) in [5.74, 6) is -1.52. The van der Waals surface area contributed by atoms with E-state index in [1.165, 1.54) is 6.07 Å². The van der Waals surface area contributed by atoms with Crippen molar-refractivity contribution >= 4 is 34.4 Å². The van der Waals surface area contributed by atoms with Crippen LogP contribution in [0.4, 0.5) is 17.6 Å². The number of nitrogens with zero attached hydrogens (tertiary/aromatic N) is 1. The SMILES string of the molecule is CC(C)C(C)(C)OP(=O)(O)C(Cc1ccc(F)c(C(F)(F)F)c1)c1c(Br)c2ccccc2n1C. The maximum absolute atomic E-state index is 13.9. The van der Waals surface area contributed by atoms with Crippen molar-refractivity contribution in [2.75, 3.05) is 0 Å². The lowest BCUT2D eigenvalue weighted by atomic mass is 9.95. The third kappa shape index (κ3) is 5.27. The Balaban J connectivity index is 2.20. The van der Waals surface area contributed by atoms with Crippen molar-refractivity contribution in [3.05, 3.63) is 69.6 Å². The molecular weight excluding hydrogens is 537 g/mol. The highest BCUT2D eigenvalue weighted by atomic mass is 79.9. The average Bonchev–Trinajstić information content (AvgIpc) is 2.96. The van der Waals surface area contributed by atoms with Crippen molar-refractivity contribution in [3.63, 3.8) is 0 Å². The van der Waals surface area contributed by atoms with Crippen molar-refractivity contribution < 1.29 is 31.5 Å². The summed E-state index contributed by atoms with van der Waals surface area (Å²) in [4.78, 5) is 11.2. The van der Waals surface area contributed by atoms with Gasteiger partial charge < -0.3 is 14.0 Å². The largest absolute Gasteiger partial charge is 0.419 e. The molecule has 2 aromatic carbocycles. The summed E-state index contributed by atoms with van der Waals surface area (Å²) in [5, 5.41) is 0.781. The molecule has 2 unspecified atom stereocenters. The Morgan fingerprint density at radius 2 is 1.76 bits per heavy atom. The van der Waals surface area contributed by atoms with E-state index >= 15 is 0 Å². The number of halogens is 5. The fourth-order valence-electron chi connectivity index (χ4n) is 3.75. The summed E-state index contributed by atoms with van der Waals surface area (Å²) in [6, 6.07) is 9.92. The van der Waals surface area contributed by atoms with Gasteiger partial charge in [0.2, 0.25) is 0 Å². The molecular formula is C24H27BrF4NO3P. The molecule has 2 atom stereocenters. The molecule has 0 spiro atoms. The Morgan fingerprint density at radius 3 is 2.32 bits per heavy atom. The van der Waals surface area contributed by atoms with Crippen molar-refractivity contribution in [2.24, 2.45) is 13.0 Å². The van der Waals surface area contributed by atoms with Crippen LogP contribution in [-0.4, -0.2) is 15.1 Å². The number of benzene rings is 2. The maximum atomic E-state index is 13.9. The second kappa shape index (κ2) is 9.41. The number of alkyl halides is 3. The molecule has 3 aromatic rings. The highest BCUT2D eigenvalue weighted by Crippen LogP contribution is 2.62. The molecule has 0 fully saturated rings. The summed E-state index contributed by atoms with van der Waals surface area (Å²) in [5.41, 5.74) is -2.38. The predicted molar refractivity (Wildman–Crippen MR) is 128 cm³/mol. The summed E-state index contributed by atoms with van der Waals surface area (Å²) in [6.07, 6.45) is -5.16. The van der Waals surface area contributed by atoms with E-state index in [2.05, 4.69) is 15.9 Å². The van der Waals surface area contributed by atoms with Crippen LogP contribution in [0.1, 0.15) is 50.2 Å². The van der Waals surface area contributed by atoms with E-state index in [0.717, 1.165) is 17.0 Å². The van der Waals surface area contributed by atoms with Crippen molar-refractivity contribution in [1.82, 2.24) is 4.57 Å². The van der Waals surface area contributed by atoms with Gasteiger partial charge in [0.25, 0.3) is 0 Å². The van der Waals surface area contributed by atoms with Gasteiger partial charge >= 0.3 is 13.8 Å². The van der Waals surface area contributed by atoms with Gasteiger partial charge in [-0.05, 0) is 65.9 Å². The minimum atomic E-state index is -4.89. The minimum absolute atomic E-state index is 0.0658. The number of para-hydroxylation sites is 1. The van der Waals surface area contributed by atoms with Crippen molar-refractivity contribution in [1.29, 1.82) is 0 Å². The Kier molecular flexibility index (Phi) is 7.46. The molecule has 34 heavy (non-hydrogen) atoms. The number of hydrogen-bond acceptors (Lipinski definition) is 2. The molecule has 0 radical (unpaired) electrons. The first-order valence-corrected chi connectivity index (χ1v) is 13.1. The summed E-state index contributed by atoms with van der Waals surface area (Å²) < 4.78 is 75.7. The maximum Gasteiger partial charge on any atom is 0.419 e. The highest BCUT2D eigenvalue weighted by molar-refractivity contribution is 9.10. The minimum Gasteiger partial charge on any atom is -0.346 e. The quantitative estimate of drug-likeness (QED) is 0.234. The predicted octanol–water partition coefficient (Wildman–Crippen LogP) is 8.02. The number of aryl methyl sites for hydroxylation is 1. The monoisotopic (exact) mass is 563 g/mol. The topological polar surface area (TPSA) is 51.5 Å². The standard InChI is InChI=1S/C24H27BrF4NO3P/c1-14(2)23(3,4)33-34(31,32)20(13-15-10-11-18(26)17(12-15)24(27,28)29)22-21(25)16-8-6-7-9-19(16)30(22)5/h6-12,14,20H,13H2,1-5H3,(H,31,32). The molecule has 0 saturated carbocycles. The lowest BCUT2D eigenvalue weighted by Crippen LogP contribution is -2.31. The van der Waals surface area contributed by atoms with Gasteiger partial charge in [0.15, 0.2) is 0 Å². The van der Waals surface area contributed by atoms with Gasteiger partial charge in [0.1, 0.15) is 11.5 Å². The molecule has 3 rings (SSSR count). The third-order valence-corrected chi connectivity index (χ3v) is 9.10. The smallest absolute Gasteiger partial charge is 0.346 e. The van der Waals surface area contributed by atoms with Crippen LogP contribution in [0.2, 0.25) is 0 Å². The number of rotatable bonds is 7. The van der Waals surface area contributed by atoms with Crippen LogP contribution in [0, 0.1) is 11.7 Å². The fraction of sp³-hybridized carbons (Fsp3) is 0.417. The van der Waals surface area contributed by atoms with Gasteiger partial charge in [-0.2, -0.15) is 13.2 Å². The highest BCUT2D eigenvalue weighted by Gasteiger charge is 2.43. The molecule has 4 nitrogen and oxygen atoms in total.